The molecule has 4 aromatic rings. The quantitative estimate of drug-likeness (QED) is 0.245. The van der Waals surface area contributed by atoms with Crippen molar-refractivity contribution in [1.82, 2.24) is 0 Å². The van der Waals surface area contributed by atoms with E-state index in [9.17, 15) is 4.79 Å². The fourth-order valence-electron chi connectivity index (χ4n) is 4.22. The lowest BCUT2D eigenvalue weighted by atomic mass is 9.97. The molecule has 0 radical (unpaired) electrons. The second-order valence-electron chi connectivity index (χ2n) is 9.29. The van der Waals surface area contributed by atoms with Crippen LogP contribution in [0.2, 0.25) is 0 Å². The molecule has 1 aromatic heterocycles. The Morgan fingerprint density at radius 2 is 1.61 bits per heavy atom. The first-order valence-corrected chi connectivity index (χ1v) is 12.6. The minimum absolute atomic E-state index is 0.230. The highest BCUT2D eigenvalue weighted by atomic mass is 32.1. The van der Waals surface area contributed by atoms with Crippen LogP contribution in [-0.2, 0) is 12.8 Å². The zero-order valence-corrected chi connectivity index (χ0v) is 20.8. The summed E-state index contributed by atoms with van der Waals surface area (Å²) in [5.41, 5.74) is 8.98. The Balaban J connectivity index is 1.45. The average Bonchev–Trinajstić information content (AvgIpc) is 3.30. The van der Waals surface area contributed by atoms with Crippen LogP contribution >= 0.6 is 11.3 Å². The third kappa shape index (κ3) is 5.89. The van der Waals surface area contributed by atoms with Gasteiger partial charge in [0.1, 0.15) is 0 Å². The van der Waals surface area contributed by atoms with Crippen molar-refractivity contribution in [3.05, 3.63) is 117 Å². The number of Topliss-reactive ketones (excluding diaryl/α,β-unsaturated/α-hetero) is 1. The van der Waals surface area contributed by atoms with E-state index in [0.29, 0.717) is 12.3 Å². The van der Waals surface area contributed by atoms with Crippen LogP contribution in [0.5, 0.6) is 0 Å². The van der Waals surface area contributed by atoms with Crippen LogP contribution in [0.3, 0.4) is 0 Å². The molecule has 168 valence electrons. The fraction of sp³-hybridized carbons (Fsp3) is 0.258. The summed E-state index contributed by atoms with van der Waals surface area (Å²) in [5.74, 6) is 0.766. The summed E-state index contributed by atoms with van der Waals surface area (Å²) in [4.78, 5) is 14.9. The fourth-order valence-corrected chi connectivity index (χ4v) is 5.19. The number of benzene rings is 3. The van der Waals surface area contributed by atoms with Crippen molar-refractivity contribution in [1.29, 1.82) is 0 Å². The molecule has 2 heteroatoms. The molecular formula is C31H32OS. The molecule has 0 saturated carbocycles. The van der Waals surface area contributed by atoms with Gasteiger partial charge >= 0.3 is 0 Å². The zero-order chi connectivity index (χ0) is 23.4. The standard InChI is InChI=1S/C31H32OS/c1-21(2)26-9-5-7-24(19-26)18-25-8-6-10-28(20-25)30-15-16-31(33-30)29(32)14-13-27-17-22(3)11-12-23(27)4/h5-12,15-17,19-21H,13-14,18H2,1-4H3. The first-order chi connectivity index (χ1) is 15.9. The van der Waals surface area contributed by atoms with E-state index < -0.39 is 0 Å². The van der Waals surface area contributed by atoms with Gasteiger partial charge in [-0.1, -0.05) is 86.1 Å². The lowest BCUT2D eigenvalue weighted by Gasteiger charge is -2.09. The largest absolute Gasteiger partial charge is 0.293 e. The number of hydrogen-bond acceptors (Lipinski definition) is 2. The first-order valence-electron chi connectivity index (χ1n) is 11.8. The molecule has 1 heterocycles. The van der Waals surface area contributed by atoms with Crippen molar-refractivity contribution in [2.45, 2.75) is 52.9 Å². The Morgan fingerprint density at radius 1 is 0.848 bits per heavy atom. The van der Waals surface area contributed by atoms with Gasteiger partial charge in [0.25, 0.3) is 0 Å². The summed E-state index contributed by atoms with van der Waals surface area (Å²) in [6.07, 6.45) is 2.27. The molecule has 0 aliphatic heterocycles. The van der Waals surface area contributed by atoms with E-state index >= 15 is 0 Å². The third-order valence-corrected chi connectivity index (χ3v) is 7.42. The molecule has 33 heavy (non-hydrogen) atoms. The highest BCUT2D eigenvalue weighted by molar-refractivity contribution is 7.17. The van der Waals surface area contributed by atoms with Crippen molar-refractivity contribution in [3.8, 4) is 10.4 Å². The predicted octanol–water partition coefficient (Wildman–Crippen LogP) is 8.56. The number of hydrogen-bond donors (Lipinski definition) is 0. The monoisotopic (exact) mass is 452 g/mol. The highest BCUT2D eigenvalue weighted by Gasteiger charge is 2.12. The van der Waals surface area contributed by atoms with Gasteiger partial charge < -0.3 is 0 Å². The zero-order valence-electron chi connectivity index (χ0n) is 20.0. The molecule has 0 aliphatic rings. The van der Waals surface area contributed by atoms with Crippen LogP contribution in [0.25, 0.3) is 10.4 Å². The number of rotatable bonds is 8. The number of aryl methyl sites for hydroxylation is 3. The van der Waals surface area contributed by atoms with E-state index in [1.807, 2.05) is 6.07 Å². The van der Waals surface area contributed by atoms with Crippen molar-refractivity contribution in [2.75, 3.05) is 0 Å². The molecule has 0 unspecified atom stereocenters. The third-order valence-electron chi connectivity index (χ3n) is 6.24. The van der Waals surface area contributed by atoms with Gasteiger partial charge in [0, 0.05) is 11.3 Å². The van der Waals surface area contributed by atoms with E-state index in [2.05, 4.69) is 100 Å². The molecule has 1 nitrogen and oxygen atoms in total. The minimum Gasteiger partial charge on any atom is -0.293 e. The summed E-state index contributed by atoms with van der Waals surface area (Å²) in [5, 5.41) is 0. The molecule has 4 rings (SSSR count). The SMILES string of the molecule is Cc1ccc(C)c(CCC(=O)c2ccc(-c3cccc(Cc4cccc(C(C)C)c4)c3)s2)c1. The number of ketones is 1. The molecular weight excluding hydrogens is 420 g/mol. The van der Waals surface area contributed by atoms with Crippen molar-refractivity contribution < 1.29 is 4.79 Å². The molecule has 0 atom stereocenters. The van der Waals surface area contributed by atoms with Crippen LogP contribution in [0.15, 0.2) is 78.9 Å². The molecule has 0 saturated heterocycles. The van der Waals surface area contributed by atoms with Crippen LogP contribution in [-0.4, -0.2) is 5.78 Å². The molecule has 0 fully saturated rings. The number of carbonyl (C=O) groups excluding carboxylic acids is 1. The lowest BCUT2D eigenvalue weighted by molar-refractivity contribution is 0.0986. The van der Waals surface area contributed by atoms with Gasteiger partial charge in [-0.05, 0) is 78.1 Å². The smallest absolute Gasteiger partial charge is 0.173 e. The normalized spacial score (nSPS) is 11.2. The molecule has 0 spiro atoms. The van der Waals surface area contributed by atoms with Crippen molar-refractivity contribution in [2.24, 2.45) is 0 Å². The van der Waals surface area contributed by atoms with Crippen LogP contribution in [0.1, 0.15) is 69.2 Å². The summed E-state index contributed by atoms with van der Waals surface area (Å²) < 4.78 is 0. The summed E-state index contributed by atoms with van der Waals surface area (Å²) in [6, 6.07) is 28.1. The van der Waals surface area contributed by atoms with Crippen LogP contribution in [0.4, 0.5) is 0 Å². The minimum atomic E-state index is 0.230. The molecule has 0 N–H and O–H groups in total. The average molecular weight is 453 g/mol. The lowest BCUT2D eigenvalue weighted by Crippen LogP contribution is -2.00. The van der Waals surface area contributed by atoms with Gasteiger partial charge in [0.05, 0.1) is 4.88 Å². The van der Waals surface area contributed by atoms with Crippen LogP contribution in [0, 0.1) is 13.8 Å². The van der Waals surface area contributed by atoms with Gasteiger partial charge in [-0.25, -0.2) is 0 Å². The van der Waals surface area contributed by atoms with Gasteiger partial charge in [-0.3, -0.25) is 4.79 Å². The Hall–Kier alpha value is -2.97. The van der Waals surface area contributed by atoms with E-state index in [1.54, 1.807) is 11.3 Å². The summed E-state index contributed by atoms with van der Waals surface area (Å²) >= 11 is 1.61. The summed E-state index contributed by atoms with van der Waals surface area (Å²) in [7, 11) is 0. The van der Waals surface area contributed by atoms with E-state index in [0.717, 1.165) is 22.6 Å². The second-order valence-corrected chi connectivity index (χ2v) is 10.4. The Labute approximate surface area is 202 Å². The molecule has 0 amide bonds. The van der Waals surface area contributed by atoms with Crippen molar-refractivity contribution >= 4 is 17.1 Å². The van der Waals surface area contributed by atoms with Gasteiger partial charge in [-0.15, -0.1) is 11.3 Å². The van der Waals surface area contributed by atoms with Crippen molar-refractivity contribution in [3.63, 3.8) is 0 Å². The Morgan fingerprint density at radius 3 is 2.39 bits per heavy atom. The second kappa shape index (κ2) is 10.3. The maximum atomic E-state index is 12.9. The highest BCUT2D eigenvalue weighted by Crippen LogP contribution is 2.30. The molecule has 0 bridgehead atoms. The Kier molecular flexibility index (Phi) is 7.25. The van der Waals surface area contributed by atoms with E-state index in [1.165, 1.54) is 38.9 Å². The summed E-state index contributed by atoms with van der Waals surface area (Å²) in [6.45, 7) is 8.69. The van der Waals surface area contributed by atoms with Gasteiger partial charge in [0.2, 0.25) is 0 Å². The maximum absolute atomic E-state index is 12.9. The predicted molar refractivity (Wildman–Crippen MR) is 142 cm³/mol. The van der Waals surface area contributed by atoms with Gasteiger partial charge in [0.15, 0.2) is 5.78 Å². The first kappa shape index (κ1) is 23.2. The molecule has 3 aromatic carbocycles. The van der Waals surface area contributed by atoms with E-state index in [4.69, 9.17) is 0 Å². The maximum Gasteiger partial charge on any atom is 0.173 e. The van der Waals surface area contributed by atoms with Gasteiger partial charge in [-0.2, -0.15) is 0 Å². The molecule has 0 aliphatic carbocycles. The Bertz CT molecular complexity index is 1260. The topological polar surface area (TPSA) is 17.1 Å². The number of thiophene rings is 1. The number of carbonyl (C=O) groups is 1. The van der Waals surface area contributed by atoms with E-state index in [-0.39, 0.29) is 5.78 Å². The van der Waals surface area contributed by atoms with Crippen LogP contribution < -0.4 is 0 Å².